The molecule has 0 aromatic carbocycles. The highest BCUT2D eigenvalue weighted by Gasteiger charge is 2.19. The second-order valence-corrected chi connectivity index (χ2v) is 5.96. The van der Waals surface area contributed by atoms with E-state index < -0.39 is 0 Å². The van der Waals surface area contributed by atoms with Crippen LogP contribution in [0.3, 0.4) is 0 Å². The standard InChI is InChI=1S/C14H21ClN6/c1-3-20-6-4-11(5-7-20)8-16-13-10(2)12(15)19-14-17-9-18-21(13)14/h9,11,16H,3-8H2,1-2H3. The first kappa shape index (κ1) is 14.5. The van der Waals surface area contributed by atoms with Crippen molar-refractivity contribution in [1.82, 2.24) is 24.5 Å². The number of piperidine rings is 1. The number of hydrogen-bond acceptors (Lipinski definition) is 5. The SMILES string of the molecule is CCN1CCC(CNc2c(C)c(Cl)nc3ncnn23)CC1. The second-order valence-electron chi connectivity index (χ2n) is 5.61. The molecule has 6 nitrogen and oxygen atoms in total. The van der Waals surface area contributed by atoms with E-state index in [1.165, 1.54) is 32.3 Å². The van der Waals surface area contributed by atoms with Crippen molar-refractivity contribution in [3.8, 4) is 0 Å². The van der Waals surface area contributed by atoms with Gasteiger partial charge in [-0.1, -0.05) is 18.5 Å². The molecular formula is C14H21ClN6. The summed E-state index contributed by atoms with van der Waals surface area (Å²) < 4.78 is 1.72. The zero-order chi connectivity index (χ0) is 14.8. The number of nitrogens with one attached hydrogen (secondary N) is 1. The molecule has 1 saturated heterocycles. The van der Waals surface area contributed by atoms with E-state index in [1.54, 1.807) is 4.52 Å². The third-order valence-electron chi connectivity index (χ3n) is 4.32. The number of likely N-dealkylation sites (tertiary alicyclic amines) is 1. The number of rotatable bonds is 4. The van der Waals surface area contributed by atoms with Crippen LogP contribution in [0.4, 0.5) is 5.82 Å². The van der Waals surface area contributed by atoms with Crippen LogP contribution >= 0.6 is 11.6 Å². The van der Waals surface area contributed by atoms with Gasteiger partial charge in [0.15, 0.2) is 0 Å². The summed E-state index contributed by atoms with van der Waals surface area (Å²) in [6.45, 7) is 8.66. The maximum absolute atomic E-state index is 6.17. The fourth-order valence-corrected chi connectivity index (χ4v) is 3.02. The number of aromatic nitrogens is 4. The Morgan fingerprint density at radius 1 is 1.38 bits per heavy atom. The van der Waals surface area contributed by atoms with Crippen molar-refractivity contribution in [1.29, 1.82) is 0 Å². The van der Waals surface area contributed by atoms with Crippen LogP contribution in [0.25, 0.3) is 5.78 Å². The molecule has 3 rings (SSSR count). The third-order valence-corrected chi connectivity index (χ3v) is 4.68. The summed E-state index contributed by atoms with van der Waals surface area (Å²) in [7, 11) is 0. The van der Waals surface area contributed by atoms with Crippen LogP contribution in [-0.4, -0.2) is 50.7 Å². The number of fused-ring (bicyclic) bond motifs is 1. The van der Waals surface area contributed by atoms with Crippen molar-refractivity contribution >= 4 is 23.2 Å². The number of halogens is 1. The van der Waals surface area contributed by atoms with Crippen LogP contribution in [0.5, 0.6) is 0 Å². The maximum atomic E-state index is 6.17. The number of nitrogens with zero attached hydrogens (tertiary/aromatic N) is 5. The fraction of sp³-hybridized carbons (Fsp3) is 0.643. The number of hydrogen-bond donors (Lipinski definition) is 1. The molecule has 0 unspecified atom stereocenters. The molecule has 1 fully saturated rings. The quantitative estimate of drug-likeness (QED) is 0.878. The first-order valence-corrected chi connectivity index (χ1v) is 7.89. The van der Waals surface area contributed by atoms with Gasteiger partial charge in [0.2, 0.25) is 0 Å². The highest BCUT2D eigenvalue weighted by molar-refractivity contribution is 6.30. The predicted molar refractivity (Wildman–Crippen MR) is 83.9 cm³/mol. The van der Waals surface area contributed by atoms with E-state index >= 15 is 0 Å². The van der Waals surface area contributed by atoms with Crippen LogP contribution in [-0.2, 0) is 0 Å². The van der Waals surface area contributed by atoms with Crippen molar-refractivity contribution in [2.24, 2.45) is 5.92 Å². The van der Waals surface area contributed by atoms with Gasteiger partial charge in [-0.15, -0.1) is 0 Å². The normalized spacial score (nSPS) is 17.5. The Morgan fingerprint density at radius 2 is 2.14 bits per heavy atom. The molecule has 7 heteroatoms. The Morgan fingerprint density at radius 3 is 2.86 bits per heavy atom. The zero-order valence-electron chi connectivity index (χ0n) is 12.5. The van der Waals surface area contributed by atoms with E-state index in [1.807, 2.05) is 6.92 Å². The summed E-state index contributed by atoms with van der Waals surface area (Å²) in [5.74, 6) is 2.13. The van der Waals surface area contributed by atoms with E-state index in [-0.39, 0.29) is 0 Å². The van der Waals surface area contributed by atoms with Gasteiger partial charge in [-0.05, 0) is 45.3 Å². The largest absolute Gasteiger partial charge is 0.369 e. The first-order chi connectivity index (χ1) is 10.2. The first-order valence-electron chi connectivity index (χ1n) is 7.51. The van der Waals surface area contributed by atoms with Gasteiger partial charge in [0.05, 0.1) is 0 Å². The van der Waals surface area contributed by atoms with Crippen LogP contribution in [0.2, 0.25) is 5.15 Å². The molecule has 1 aliphatic rings. The number of anilines is 1. The predicted octanol–water partition coefficient (Wildman–Crippen LogP) is 2.23. The lowest BCUT2D eigenvalue weighted by atomic mass is 9.97. The average molecular weight is 309 g/mol. The molecule has 2 aromatic heterocycles. The van der Waals surface area contributed by atoms with Gasteiger partial charge in [0.1, 0.15) is 17.3 Å². The summed E-state index contributed by atoms with van der Waals surface area (Å²) in [5, 5.41) is 8.21. The van der Waals surface area contributed by atoms with E-state index in [0.717, 1.165) is 24.5 Å². The van der Waals surface area contributed by atoms with Gasteiger partial charge < -0.3 is 10.2 Å². The minimum Gasteiger partial charge on any atom is -0.369 e. The van der Waals surface area contributed by atoms with E-state index in [0.29, 0.717) is 16.8 Å². The van der Waals surface area contributed by atoms with E-state index in [9.17, 15) is 0 Å². The zero-order valence-corrected chi connectivity index (χ0v) is 13.3. The highest BCUT2D eigenvalue weighted by Crippen LogP contribution is 2.23. The molecule has 0 amide bonds. The maximum Gasteiger partial charge on any atom is 0.255 e. The van der Waals surface area contributed by atoms with Crippen molar-refractivity contribution in [3.05, 3.63) is 17.0 Å². The van der Waals surface area contributed by atoms with Crippen molar-refractivity contribution in [3.63, 3.8) is 0 Å². The molecule has 21 heavy (non-hydrogen) atoms. The molecule has 3 heterocycles. The minimum absolute atomic E-state index is 0.485. The molecule has 114 valence electrons. The van der Waals surface area contributed by atoms with Gasteiger partial charge in [-0.2, -0.15) is 19.6 Å². The fourth-order valence-electron chi connectivity index (χ4n) is 2.85. The van der Waals surface area contributed by atoms with E-state index in [4.69, 9.17) is 11.6 Å². The second kappa shape index (κ2) is 6.15. The molecule has 0 atom stereocenters. The van der Waals surface area contributed by atoms with Crippen LogP contribution in [0.15, 0.2) is 6.33 Å². The Kier molecular flexibility index (Phi) is 4.26. The van der Waals surface area contributed by atoms with Crippen LogP contribution < -0.4 is 5.32 Å². The van der Waals surface area contributed by atoms with E-state index in [2.05, 4.69) is 32.2 Å². The molecular weight excluding hydrogens is 288 g/mol. The van der Waals surface area contributed by atoms with Gasteiger partial charge >= 0.3 is 0 Å². The Bertz CT molecular complexity index is 617. The lowest BCUT2D eigenvalue weighted by Gasteiger charge is -2.31. The van der Waals surface area contributed by atoms with Gasteiger partial charge in [0.25, 0.3) is 5.78 Å². The Labute approximate surface area is 129 Å². The van der Waals surface area contributed by atoms with Gasteiger partial charge in [-0.25, -0.2) is 0 Å². The summed E-state index contributed by atoms with van der Waals surface area (Å²) in [6, 6.07) is 0. The lowest BCUT2D eigenvalue weighted by molar-refractivity contribution is 0.198. The Hall–Kier alpha value is -1.40. The molecule has 0 radical (unpaired) electrons. The Balaban J connectivity index is 1.71. The third kappa shape index (κ3) is 2.96. The molecule has 0 spiro atoms. The molecule has 2 aromatic rings. The topological polar surface area (TPSA) is 58.3 Å². The van der Waals surface area contributed by atoms with Gasteiger partial charge in [0, 0.05) is 12.1 Å². The molecule has 0 aliphatic carbocycles. The van der Waals surface area contributed by atoms with Gasteiger partial charge in [-0.3, -0.25) is 0 Å². The minimum atomic E-state index is 0.485. The summed E-state index contributed by atoms with van der Waals surface area (Å²) in [6.07, 6.45) is 3.97. The average Bonchev–Trinajstić information content (AvgIpc) is 2.96. The summed E-state index contributed by atoms with van der Waals surface area (Å²) >= 11 is 6.17. The highest BCUT2D eigenvalue weighted by atomic mass is 35.5. The lowest BCUT2D eigenvalue weighted by Crippen LogP contribution is -2.35. The summed E-state index contributed by atoms with van der Waals surface area (Å²) in [5.41, 5.74) is 0.917. The molecule has 1 N–H and O–H groups in total. The smallest absolute Gasteiger partial charge is 0.255 e. The monoisotopic (exact) mass is 308 g/mol. The summed E-state index contributed by atoms with van der Waals surface area (Å²) in [4.78, 5) is 10.8. The van der Waals surface area contributed by atoms with Crippen molar-refractivity contribution in [2.75, 3.05) is 31.5 Å². The molecule has 0 bridgehead atoms. The van der Waals surface area contributed by atoms with Crippen LogP contribution in [0.1, 0.15) is 25.3 Å². The van der Waals surface area contributed by atoms with Crippen molar-refractivity contribution in [2.45, 2.75) is 26.7 Å². The molecule has 1 aliphatic heterocycles. The van der Waals surface area contributed by atoms with Crippen LogP contribution in [0, 0.1) is 12.8 Å². The van der Waals surface area contributed by atoms with Crippen molar-refractivity contribution < 1.29 is 0 Å². The molecule has 0 saturated carbocycles.